The molecule has 0 fully saturated rings. The van der Waals surface area contributed by atoms with Crippen molar-refractivity contribution in [3.63, 3.8) is 0 Å². The largest absolute Gasteiger partial charge is 0.467 e. The first kappa shape index (κ1) is 14.7. The highest BCUT2D eigenvalue weighted by Gasteiger charge is 2.21. The molecule has 1 atom stereocenters. The Balaban J connectivity index is 2.84. The second-order valence-electron chi connectivity index (χ2n) is 3.75. The van der Waals surface area contributed by atoms with Gasteiger partial charge in [-0.1, -0.05) is 15.9 Å². The summed E-state index contributed by atoms with van der Waals surface area (Å²) in [6.45, 7) is 1.34. The van der Waals surface area contributed by atoms with E-state index in [4.69, 9.17) is 5.11 Å². The summed E-state index contributed by atoms with van der Waals surface area (Å²) in [6, 6.07) is 4.13. The van der Waals surface area contributed by atoms with E-state index in [1.807, 2.05) is 13.0 Å². The van der Waals surface area contributed by atoms with E-state index in [1.165, 1.54) is 7.11 Å². The zero-order valence-corrected chi connectivity index (χ0v) is 11.7. The average molecular weight is 316 g/mol. The van der Waals surface area contributed by atoms with Crippen molar-refractivity contribution in [2.75, 3.05) is 13.7 Å². The van der Waals surface area contributed by atoms with Gasteiger partial charge in [0.2, 0.25) is 0 Å². The first-order chi connectivity index (χ1) is 8.47. The number of esters is 1. The number of carbonyl (C=O) groups excluding carboxylic acids is 2. The minimum Gasteiger partial charge on any atom is -0.467 e. The lowest BCUT2D eigenvalue weighted by atomic mass is 10.1. The Labute approximate surface area is 113 Å². The number of aliphatic hydroxyl groups excluding tert-OH is 1. The summed E-state index contributed by atoms with van der Waals surface area (Å²) in [6.07, 6.45) is 0. The lowest BCUT2D eigenvalue weighted by molar-refractivity contribution is -0.143. The van der Waals surface area contributed by atoms with E-state index in [0.29, 0.717) is 5.56 Å². The molecule has 0 saturated carbocycles. The van der Waals surface area contributed by atoms with Crippen molar-refractivity contribution in [1.82, 2.24) is 5.32 Å². The molecule has 2 N–H and O–H groups in total. The van der Waals surface area contributed by atoms with E-state index >= 15 is 0 Å². The number of rotatable bonds is 4. The molecule has 0 spiro atoms. The van der Waals surface area contributed by atoms with Crippen LogP contribution in [0.5, 0.6) is 0 Å². The maximum Gasteiger partial charge on any atom is 0.330 e. The lowest BCUT2D eigenvalue weighted by Crippen LogP contribution is -2.44. The van der Waals surface area contributed by atoms with Crippen LogP contribution in [0.25, 0.3) is 0 Å². The minimum absolute atomic E-state index is 0.407. The van der Waals surface area contributed by atoms with Crippen LogP contribution in [-0.4, -0.2) is 36.7 Å². The van der Waals surface area contributed by atoms with Crippen LogP contribution in [0.4, 0.5) is 0 Å². The molecule has 98 valence electrons. The van der Waals surface area contributed by atoms with Crippen molar-refractivity contribution in [1.29, 1.82) is 0 Å². The predicted octanol–water partition coefficient (Wildman–Crippen LogP) is 1.02. The molecule has 1 aromatic carbocycles. The first-order valence-electron chi connectivity index (χ1n) is 5.24. The fraction of sp³-hybridized carbons (Fsp3) is 0.333. The van der Waals surface area contributed by atoms with Gasteiger partial charge in [0.05, 0.1) is 13.7 Å². The summed E-state index contributed by atoms with van der Waals surface area (Å²) >= 11 is 3.29. The SMILES string of the molecule is COC(=O)C(CO)NC(=O)c1cc(C)cc(Br)c1. The highest BCUT2D eigenvalue weighted by Crippen LogP contribution is 2.15. The number of ether oxygens (including phenoxy) is 1. The molecule has 1 rings (SSSR count). The number of halogens is 1. The van der Waals surface area contributed by atoms with Gasteiger partial charge in [-0.2, -0.15) is 0 Å². The fourth-order valence-corrected chi connectivity index (χ4v) is 2.04. The van der Waals surface area contributed by atoms with Gasteiger partial charge in [0.25, 0.3) is 5.91 Å². The van der Waals surface area contributed by atoms with Gasteiger partial charge in [-0.3, -0.25) is 4.79 Å². The standard InChI is InChI=1S/C12H14BrNO4/c1-7-3-8(5-9(13)4-7)11(16)14-10(6-15)12(17)18-2/h3-5,10,15H,6H2,1-2H3,(H,14,16). The molecule has 5 nitrogen and oxygen atoms in total. The molecule has 0 aliphatic rings. The zero-order valence-electron chi connectivity index (χ0n) is 10.1. The van der Waals surface area contributed by atoms with E-state index in [1.54, 1.807) is 12.1 Å². The number of benzene rings is 1. The van der Waals surface area contributed by atoms with E-state index in [0.717, 1.165) is 10.0 Å². The van der Waals surface area contributed by atoms with Gasteiger partial charge in [-0.05, 0) is 30.7 Å². The van der Waals surface area contributed by atoms with Gasteiger partial charge in [-0.15, -0.1) is 0 Å². The summed E-state index contributed by atoms with van der Waals surface area (Å²) in [5.41, 5.74) is 1.32. The quantitative estimate of drug-likeness (QED) is 0.813. The second-order valence-corrected chi connectivity index (χ2v) is 4.66. The second kappa shape index (κ2) is 6.51. The molecule has 6 heteroatoms. The molecule has 1 amide bonds. The Bertz CT molecular complexity index is 441. The molecule has 18 heavy (non-hydrogen) atoms. The third kappa shape index (κ3) is 3.82. The van der Waals surface area contributed by atoms with Crippen LogP contribution in [0.2, 0.25) is 0 Å². The van der Waals surface area contributed by atoms with Gasteiger partial charge < -0.3 is 15.2 Å². The molecule has 1 unspecified atom stereocenters. The van der Waals surface area contributed by atoms with Crippen LogP contribution in [0.1, 0.15) is 15.9 Å². The highest BCUT2D eigenvalue weighted by molar-refractivity contribution is 9.10. The van der Waals surface area contributed by atoms with Crippen molar-refractivity contribution in [3.8, 4) is 0 Å². The van der Waals surface area contributed by atoms with E-state index in [2.05, 4.69) is 26.0 Å². The van der Waals surface area contributed by atoms with E-state index in [-0.39, 0.29) is 0 Å². The van der Waals surface area contributed by atoms with Gasteiger partial charge in [-0.25, -0.2) is 4.79 Å². The number of aliphatic hydroxyl groups is 1. The van der Waals surface area contributed by atoms with Crippen LogP contribution in [0.15, 0.2) is 22.7 Å². The number of methoxy groups -OCH3 is 1. The Kier molecular flexibility index (Phi) is 5.30. The highest BCUT2D eigenvalue weighted by atomic mass is 79.9. The van der Waals surface area contributed by atoms with E-state index < -0.39 is 24.5 Å². The number of amides is 1. The van der Waals surface area contributed by atoms with Crippen LogP contribution in [-0.2, 0) is 9.53 Å². The first-order valence-corrected chi connectivity index (χ1v) is 6.04. The minimum atomic E-state index is -1.05. The zero-order chi connectivity index (χ0) is 13.7. The topological polar surface area (TPSA) is 75.6 Å². The van der Waals surface area contributed by atoms with Crippen molar-refractivity contribution < 1.29 is 19.4 Å². The smallest absolute Gasteiger partial charge is 0.330 e. The van der Waals surface area contributed by atoms with Crippen LogP contribution in [0.3, 0.4) is 0 Å². The van der Waals surface area contributed by atoms with E-state index in [9.17, 15) is 9.59 Å². The Morgan fingerprint density at radius 3 is 2.61 bits per heavy atom. The summed E-state index contributed by atoms with van der Waals surface area (Å²) in [4.78, 5) is 23.1. The Hall–Kier alpha value is -1.40. The normalized spacial score (nSPS) is 11.8. The van der Waals surface area contributed by atoms with Crippen LogP contribution < -0.4 is 5.32 Å². The molecule has 0 bridgehead atoms. The summed E-state index contributed by atoms with van der Waals surface area (Å²) in [5, 5.41) is 11.4. The predicted molar refractivity (Wildman–Crippen MR) is 69.2 cm³/mol. The summed E-state index contributed by atoms with van der Waals surface area (Å²) in [5.74, 6) is -1.12. The Morgan fingerprint density at radius 2 is 2.11 bits per heavy atom. The number of hydrogen-bond donors (Lipinski definition) is 2. The average Bonchev–Trinajstić information content (AvgIpc) is 2.33. The third-order valence-corrected chi connectivity index (χ3v) is 2.74. The lowest BCUT2D eigenvalue weighted by Gasteiger charge is -2.14. The fourth-order valence-electron chi connectivity index (χ4n) is 1.43. The number of carbonyl (C=O) groups is 2. The van der Waals surface area contributed by atoms with Crippen molar-refractivity contribution in [2.45, 2.75) is 13.0 Å². The summed E-state index contributed by atoms with van der Waals surface area (Å²) in [7, 11) is 1.19. The number of hydrogen-bond acceptors (Lipinski definition) is 4. The van der Waals surface area contributed by atoms with Crippen LogP contribution in [0, 0.1) is 6.92 Å². The van der Waals surface area contributed by atoms with Crippen molar-refractivity contribution in [3.05, 3.63) is 33.8 Å². The summed E-state index contributed by atoms with van der Waals surface area (Å²) < 4.78 is 5.23. The van der Waals surface area contributed by atoms with Gasteiger partial charge >= 0.3 is 5.97 Å². The third-order valence-electron chi connectivity index (χ3n) is 2.28. The van der Waals surface area contributed by atoms with Crippen molar-refractivity contribution in [2.24, 2.45) is 0 Å². The molecule has 0 heterocycles. The molecule has 0 saturated heterocycles. The maximum absolute atomic E-state index is 11.9. The van der Waals surface area contributed by atoms with Crippen molar-refractivity contribution >= 4 is 27.8 Å². The maximum atomic E-state index is 11.9. The van der Waals surface area contributed by atoms with Crippen LogP contribution >= 0.6 is 15.9 Å². The van der Waals surface area contributed by atoms with Gasteiger partial charge in [0.1, 0.15) is 0 Å². The molecular weight excluding hydrogens is 302 g/mol. The molecule has 0 radical (unpaired) electrons. The molecule has 0 aliphatic heterocycles. The Morgan fingerprint density at radius 1 is 1.44 bits per heavy atom. The number of nitrogens with one attached hydrogen (secondary N) is 1. The monoisotopic (exact) mass is 315 g/mol. The molecule has 0 aliphatic carbocycles. The number of aryl methyl sites for hydroxylation is 1. The molecular formula is C12H14BrNO4. The molecule has 1 aromatic rings. The van der Waals surface area contributed by atoms with Gasteiger partial charge in [0.15, 0.2) is 6.04 Å². The van der Waals surface area contributed by atoms with Gasteiger partial charge in [0, 0.05) is 10.0 Å². The molecule has 0 aromatic heterocycles.